The Labute approximate surface area is 103 Å². The maximum absolute atomic E-state index is 5.56. The molecule has 0 saturated carbocycles. The lowest BCUT2D eigenvalue weighted by molar-refractivity contribution is 0.122. The van der Waals surface area contributed by atoms with Gasteiger partial charge in [-0.05, 0) is 24.6 Å². The summed E-state index contributed by atoms with van der Waals surface area (Å²) in [6.45, 7) is 8.96. The van der Waals surface area contributed by atoms with Gasteiger partial charge in [0.15, 0.2) is 4.77 Å². The minimum Gasteiger partial charge on any atom is -0.380 e. The molecule has 0 aromatic carbocycles. The van der Waals surface area contributed by atoms with Gasteiger partial charge in [0.2, 0.25) is 0 Å². The number of nitrogens with zero attached hydrogens (tertiary/aromatic N) is 1. The Morgan fingerprint density at radius 3 is 2.81 bits per heavy atom. The fourth-order valence-electron chi connectivity index (χ4n) is 1.62. The molecular formula is C12H22N2OS. The Kier molecular flexibility index (Phi) is 5.77. The average molecular weight is 242 g/mol. The molecule has 1 N–H and O–H groups in total. The van der Waals surface area contributed by atoms with E-state index in [4.69, 9.17) is 17.0 Å². The van der Waals surface area contributed by atoms with Crippen LogP contribution >= 0.6 is 12.2 Å². The number of H-pyrrole nitrogens is 1. The summed E-state index contributed by atoms with van der Waals surface area (Å²) in [5.41, 5.74) is 1.25. The molecule has 0 aliphatic heterocycles. The second-order valence-corrected chi connectivity index (χ2v) is 4.68. The van der Waals surface area contributed by atoms with Crippen molar-refractivity contribution in [3.63, 3.8) is 0 Å². The van der Waals surface area contributed by atoms with Gasteiger partial charge in [-0.1, -0.05) is 27.2 Å². The number of hydrogen-bond donors (Lipinski definition) is 1. The molecule has 0 radical (unpaired) electrons. The van der Waals surface area contributed by atoms with E-state index in [1.165, 1.54) is 12.1 Å². The molecule has 0 bridgehead atoms. The first-order chi connectivity index (χ1) is 7.66. The van der Waals surface area contributed by atoms with Crippen molar-refractivity contribution in [1.82, 2.24) is 9.55 Å². The highest BCUT2D eigenvalue weighted by atomic mass is 32.1. The highest BCUT2D eigenvalue weighted by Gasteiger charge is 2.07. The summed E-state index contributed by atoms with van der Waals surface area (Å²) in [5.74, 6) is 0.489. The summed E-state index contributed by atoms with van der Waals surface area (Å²) >= 11 is 5.24. The van der Waals surface area contributed by atoms with Gasteiger partial charge in [-0.2, -0.15) is 0 Å². The smallest absolute Gasteiger partial charge is 0.177 e. The van der Waals surface area contributed by atoms with Gasteiger partial charge in [0.25, 0.3) is 0 Å². The molecule has 0 atom stereocenters. The zero-order valence-corrected chi connectivity index (χ0v) is 11.3. The molecule has 1 aromatic rings. The SMILES string of the molecule is CCCCOCCn1c(C(C)C)c[nH]c1=S. The van der Waals surface area contributed by atoms with Gasteiger partial charge in [-0.25, -0.2) is 0 Å². The summed E-state index contributed by atoms with van der Waals surface area (Å²) in [5, 5.41) is 0. The van der Waals surface area contributed by atoms with Crippen molar-refractivity contribution in [1.29, 1.82) is 0 Å². The third-order valence-electron chi connectivity index (χ3n) is 2.59. The van der Waals surface area contributed by atoms with E-state index in [9.17, 15) is 0 Å². The molecule has 0 aliphatic rings. The number of nitrogens with one attached hydrogen (secondary N) is 1. The van der Waals surface area contributed by atoms with Crippen LogP contribution in [0.5, 0.6) is 0 Å². The summed E-state index contributed by atoms with van der Waals surface area (Å²) < 4.78 is 8.48. The first-order valence-corrected chi connectivity index (χ1v) is 6.43. The zero-order chi connectivity index (χ0) is 12.0. The lowest BCUT2D eigenvalue weighted by atomic mass is 10.1. The van der Waals surface area contributed by atoms with Gasteiger partial charge in [0.05, 0.1) is 6.61 Å². The normalized spacial score (nSPS) is 11.2. The van der Waals surface area contributed by atoms with Crippen LogP contribution in [0.4, 0.5) is 0 Å². The van der Waals surface area contributed by atoms with E-state index in [1.54, 1.807) is 0 Å². The number of rotatable bonds is 7. The van der Waals surface area contributed by atoms with Crippen LogP contribution in [0.25, 0.3) is 0 Å². The second kappa shape index (κ2) is 6.86. The quantitative estimate of drug-likeness (QED) is 0.586. The Balaban J connectivity index is 2.46. The van der Waals surface area contributed by atoms with Crippen LogP contribution in [-0.4, -0.2) is 22.8 Å². The van der Waals surface area contributed by atoms with Crippen LogP contribution in [0.15, 0.2) is 6.20 Å². The van der Waals surface area contributed by atoms with Crippen LogP contribution in [0.2, 0.25) is 0 Å². The fourth-order valence-corrected chi connectivity index (χ4v) is 1.88. The Bertz CT molecular complexity index is 354. The first-order valence-electron chi connectivity index (χ1n) is 6.02. The number of imidazole rings is 1. The van der Waals surface area contributed by atoms with Crippen LogP contribution in [0.1, 0.15) is 45.2 Å². The summed E-state index contributed by atoms with van der Waals surface area (Å²) in [6, 6.07) is 0. The molecule has 0 amide bonds. The monoisotopic (exact) mass is 242 g/mol. The van der Waals surface area contributed by atoms with Crippen molar-refractivity contribution in [2.24, 2.45) is 0 Å². The van der Waals surface area contributed by atoms with Crippen molar-refractivity contribution < 1.29 is 4.74 Å². The van der Waals surface area contributed by atoms with Gasteiger partial charge >= 0.3 is 0 Å². The lowest BCUT2D eigenvalue weighted by Crippen LogP contribution is -2.10. The number of aromatic nitrogens is 2. The van der Waals surface area contributed by atoms with Crippen LogP contribution < -0.4 is 0 Å². The Morgan fingerprint density at radius 2 is 2.19 bits per heavy atom. The highest BCUT2D eigenvalue weighted by molar-refractivity contribution is 7.71. The van der Waals surface area contributed by atoms with E-state index in [0.717, 1.165) is 31.0 Å². The zero-order valence-electron chi connectivity index (χ0n) is 10.5. The molecule has 1 rings (SSSR count). The molecular weight excluding hydrogens is 220 g/mol. The molecule has 1 aromatic heterocycles. The van der Waals surface area contributed by atoms with E-state index in [2.05, 4.69) is 30.3 Å². The lowest BCUT2D eigenvalue weighted by Gasteiger charge is -2.11. The summed E-state index contributed by atoms with van der Waals surface area (Å²) in [4.78, 5) is 3.09. The molecule has 0 fully saturated rings. The molecule has 0 saturated heterocycles. The number of aromatic amines is 1. The number of unbranched alkanes of at least 4 members (excludes halogenated alkanes) is 1. The molecule has 92 valence electrons. The second-order valence-electron chi connectivity index (χ2n) is 4.29. The molecule has 16 heavy (non-hydrogen) atoms. The molecule has 0 unspecified atom stereocenters. The third kappa shape index (κ3) is 3.76. The van der Waals surface area contributed by atoms with Crippen LogP contribution in [0.3, 0.4) is 0 Å². The summed E-state index contributed by atoms with van der Waals surface area (Å²) in [7, 11) is 0. The molecule has 1 heterocycles. The van der Waals surface area contributed by atoms with Crippen molar-refractivity contribution in [2.75, 3.05) is 13.2 Å². The van der Waals surface area contributed by atoms with Gasteiger partial charge in [0, 0.05) is 25.0 Å². The van der Waals surface area contributed by atoms with Gasteiger partial charge in [0.1, 0.15) is 0 Å². The predicted octanol–water partition coefficient (Wildman–Crippen LogP) is 3.49. The molecule has 3 nitrogen and oxygen atoms in total. The van der Waals surface area contributed by atoms with Crippen molar-refractivity contribution in [3.8, 4) is 0 Å². The average Bonchev–Trinajstić information content (AvgIpc) is 2.60. The fraction of sp³-hybridized carbons (Fsp3) is 0.750. The minimum atomic E-state index is 0.489. The number of hydrogen-bond acceptors (Lipinski definition) is 2. The molecule has 4 heteroatoms. The first kappa shape index (κ1) is 13.5. The predicted molar refractivity (Wildman–Crippen MR) is 69.4 cm³/mol. The highest BCUT2D eigenvalue weighted by Crippen LogP contribution is 2.14. The summed E-state index contributed by atoms with van der Waals surface area (Å²) in [6.07, 6.45) is 4.31. The maximum atomic E-state index is 5.56. The maximum Gasteiger partial charge on any atom is 0.177 e. The molecule has 0 aliphatic carbocycles. The van der Waals surface area contributed by atoms with E-state index >= 15 is 0 Å². The number of ether oxygens (including phenoxy) is 1. The van der Waals surface area contributed by atoms with Crippen molar-refractivity contribution in [3.05, 3.63) is 16.7 Å². The van der Waals surface area contributed by atoms with E-state index in [0.29, 0.717) is 5.92 Å². The third-order valence-corrected chi connectivity index (χ3v) is 2.93. The Hall–Kier alpha value is -0.610. The van der Waals surface area contributed by atoms with Crippen LogP contribution in [0, 0.1) is 4.77 Å². The van der Waals surface area contributed by atoms with E-state index in [1.807, 2.05) is 6.20 Å². The Morgan fingerprint density at radius 1 is 1.44 bits per heavy atom. The van der Waals surface area contributed by atoms with Crippen LogP contribution in [-0.2, 0) is 11.3 Å². The van der Waals surface area contributed by atoms with Crippen molar-refractivity contribution >= 4 is 12.2 Å². The minimum absolute atomic E-state index is 0.489. The van der Waals surface area contributed by atoms with E-state index in [-0.39, 0.29) is 0 Å². The van der Waals surface area contributed by atoms with Crippen molar-refractivity contribution in [2.45, 2.75) is 46.1 Å². The largest absolute Gasteiger partial charge is 0.380 e. The standard InChI is InChI=1S/C12H22N2OS/c1-4-5-7-15-8-6-14-11(10(2)3)9-13-12(14)16/h9-10H,4-8H2,1-3H3,(H,13,16). The molecule has 0 spiro atoms. The van der Waals surface area contributed by atoms with Gasteiger partial charge in [-0.3, -0.25) is 0 Å². The van der Waals surface area contributed by atoms with E-state index < -0.39 is 0 Å². The van der Waals surface area contributed by atoms with Gasteiger partial charge in [-0.15, -0.1) is 0 Å². The van der Waals surface area contributed by atoms with Gasteiger partial charge < -0.3 is 14.3 Å². The topological polar surface area (TPSA) is 29.9 Å².